The Kier molecular flexibility index (Phi) is 7.45. The third kappa shape index (κ3) is 5.60. The molecule has 0 radical (unpaired) electrons. The quantitative estimate of drug-likeness (QED) is 0.298. The van der Waals surface area contributed by atoms with Gasteiger partial charge >= 0.3 is 5.97 Å². The molecule has 4 rings (SSSR count). The molecule has 9 heteroatoms. The predicted octanol–water partition coefficient (Wildman–Crippen LogP) is 3.41. The van der Waals surface area contributed by atoms with Crippen molar-refractivity contribution in [3.63, 3.8) is 0 Å². The van der Waals surface area contributed by atoms with Crippen LogP contribution >= 0.6 is 11.6 Å². The number of carboxylic acids is 1. The van der Waals surface area contributed by atoms with Crippen LogP contribution in [-0.4, -0.2) is 44.4 Å². The minimum Gasteiger partial charge on any atom is -0.508 e. The molecule has 2 amide bonds. The molecule has 1 heterocycles. The van der Waals surface area contributed by atoms with Gasteiger partial charge in [-0.25, -0.2) is 4.79 Å². The van der Waals surface area contributed by atoms with Gasteiger partial charge in [-0.1, -0.05) is 43.3 Å². The van der Waals surface area contributed by atoms with Crippen molar-refractivity contribution >= 4 is 40.3 Å². The molecule has 1 aliphatic rings. The van der Waals surface area contributed by atoms with E-state index in [1.54, 1.807) is 31.3 Å². The van der Waals surface area contributed by atoms with Gasteiger partial charge in [0.05, 0.1) is 11.8 Å². The number of para-hydroxylation sites is 1. The van der Waals surface area contributed by atoms with Crippen LogP contribution in [0.25, 0.3) is 10.9 Å². The summed E-state index contributed by atoms with van der Waals surface area (Å²) in [6, 6.07) is 12.8. The molecule has 0 saturated heterocycles. The van der Waals surface area contributed by atoms with E-state index >= 15 is 0 Å². The molecular formula is C27H26ClN3O5. The number of carbonyl (C=O) groups is 3. The maximum absolute atomic E-state index is 13.0. The zero-order valence-corrected chi connectivity index (χ0v) is 20.3. The molecule has 3 atom stereocenters. The standard InChI is InChI=1S/C27H26ClN3O5/c1-15-21(30-24(33)12-16-5-4-6-18(32)11-16)10-9-20(25(15)28)26(34)31-23(27(35)36)13-17-14-29-22-8-3-2-7-19(17)22/h2-11,14-15,23,25,29,32H,12-13H2,1H3,(H,30,33)(H,31,34)(H,35,36)/t15?,23-,25?/m0/s1. The highest BCUT2D eigenvalue weighted by atomic mass is 35.5. The second-order valence-electron chi connectivity index (χ2n) is 8.76. The van der Waals surface area contributed by atoms with E-state index < -0.39 is 29.2 Å². The second-order valence-corrected chi connectivity index (χ2v) is 9.23. The zero-order chi connectivity index (χ0) is 25.8. The fraction of sp³-hybridized carbons (Fsp3) is 0.222. The van der Waals surface area contributed by atoms with Crippen LogP contribution in [0.5, 0.6) is 5.75 Å². The van der Waals surface area contributed by atoms with Crippen molar-refractivity contribution in [3.05, 3.63) is 89.3 Å². The van der Waals surface area contributed by atoms with Gasteiger partial charge in [-0.05, 0) is 35.4 Å². The first kappa shape index (κ1) is 25.1. The van der Waals surface area contributed by atoms with Crippen molar-refractivity contribution in [2.75, 3.05) is 0 Å². The number of aromatic hydroxyl groups is 1. The lowest BCUT2D eigenvalue weighted by atomic mass is 9.91. The van der Waals surface area contributed by atoms with E-state index in [0.29, 0.717) is 11.3 Å². The number of hydrogen-bond acceptors (Lipinski definition) is 4. The van der Waals surface area contributed by atoms with E-state index in [0.717, 1.165) is 16.5 Å². The van der Waals surface area contributed by atoms with Gasteiger partial charge in [-0.2, -0.15) is 0 Å². The largest absolute Gasteiger partial charge is 0.508 e. The Hall–Kier alpha value is -4.04. The van der Waals surface area contributed by atoms with Crippen molar-refractivity contribution < 1.29 is 24.6 Å². The summed E-state index contributed by atoms with van der Waals surface area (Å²) in [5.74, 6) is -2.33. The van der Waals surface area contributed by atoms with Gasteiger partial charge in [0, 0.05) is 40.7 Å². The number of amides is 2. The number of aromatic nitrogens is 1. The van der Waals surface area contributed by atoms with Gasteiger partial charge in [0.15, 0.2) is 0 Å². The fourth-order valence-corrected chi connectivity index (χ4v) is 4.53. The van der Waals surface area contributed by atoms with Crippen molar-refractivity contribution in [3.8, 4) is 5.75 Å². The second kappa shape index (κ2) is 10.7. The zero-order valence-electron chi connectivity index (χ0n) is 19.5. The third-order valence-corrected chi connectivity index (χ3v) is 6.81. The third-order valence-electron chi connectivity index (χ3n) is 6.19. The van der Waals surface area contributed by atoms with Gasteiger partial charge in [0.25, 0.3) is 0 Å². The van der Waals surface area contributed by atoms with Crippen molar-refractivity contribution in [2.24, 2.45) is 5.92 Å². The molecule has 186 valence electrons. The number of halogens is 1. The minimum absolute atomic E-state index is 0.0661. The smallest absolute Gasteiger partial charge is 0.326 e. The van der Waals surface area contributed by atoms with Crippen LogP contribution in [0.2, 0.25) is 0 Å². The molecule has 2 aromatic carbocycles. The summed E-state index contributed by atoms with van der Waals surface area (Å²) in [5.41, 5.74) is 3.09. The number of fused-ring (bicyclic) bond motifs is 1. The van der Waals surface area contributed by atoms with E-state index in [1.165, 1.54) is 18.2 Å². The van der Waals surface area contributed by atoms with Gasteiger partial charge in [-0.3, -0.25) is 9.59 Å². The first-order chi connectivity index (χ1) is 17.2. The van der Waals surface area contributed by atoms with Crippen LogP contribution in [-0.2, 0) is 27.2 Å². The van der Waals surface area contributed by atoms with E-state index in [2.05, 4.69) is 15.6 Å². The molecule has 2 unspecified atom stereocenters. The van der Waals surface area contributed by atoms with Crippen molar-refractivity contribution in [1.29, 1.82) is 0 Å². The average molecular weight is 508 g/mol. The lowest BCUT2D eigenvalue weighted by molar-refractivity contribution is -0.141. The highest BCUT2D eigenvalue weighted by molar-refractivity contribution is 6.26. The SMILES string of the molecule is CC1C(NC(=O)Cc2cccc(O)c2)=CC=C(C(=O)N[C@@H](Cc2c[nH]c3ccccc23)C(=O)O)C1Cl. The Bertz CT molecular complexity index is 1380. The number of carbonyl (C=O) groups excluding carboxylic acids is 2. The van der Waals surface area contributed by atoms with Crippen LogP contribution in [0.1, 0.15) is 18.1 Å². The first-order valence-corrected chi connectivity index (χ1v) is 11.9. The van der Waals surface area contributed by atoms with Crippen molar-refractivity contribution in [2.45, 2.75) is 31.2 Å². The number of H-pyrrole nitrogens is 1. The molecule has 5 N–H and O–H groups in total. The Labute approximate surface area is 212 Å². The number of allylic oxidation sites excluding steroid dienone is 3. The molecule has 0 fully saturated rings. The topological polar surface area (TPSA) is 132 Å². The molecular weight excluding hydrogens is 482 g/mol. The van der Waals surface area contributed by atoms with Crippen LogP contribution in [0.4, 0.5) is 0 Å². The summed E-state index contributed by atoms with van der Waals surface area (Å²) in [7, 11) is 0. The Morgan fingerprint density at radius 3 is 2.64 bits per heavy atom. The summed E-state index contributed by atoms with van der Waals surface area (Å²) in [6.45, 7) is 1.78. The molecule has 0 saturated carbocycles. The van der Waals surface area contributed by atoms with E-state index in [1.807, 2.05) is 24.3 Å². The summed E-state index contributed by atoms with van der Waals surface area (Å²) < 4.78 is 0. The number of alkyl halides is 1. The summed E-state index contributed by atoms with van der Waals surface area (Å²) >= 11 is 6.56. The Morgan fingerprint density at radius 1 is 1.11 bits per heavy atom. The summed E-state index contributed by atoms with van der Waals surface area (Å²) in [5, 5.41) is 24.8. The van der Waals surface area contributed by atoms with Crippen LogP contribution in [0, 0.1) is 5.92 Å². The first-order valence-electron chi connectivity index (χ1n) is 11.4. The monoisotopic (exact) mass is 507 g/mol. The minimum atomic E-state index is -1.15. The number of carboxylic acid groups (broad SMARTS) is 1. The highest BCUT2D eigenvalue weighted by Crippen LogP contribution is 2.29. The summed E-state index contributed by atoms with van der Waals surface area (Å²) in [4.78, 5) is 40.5. The van der Waals surface area contributed by atoms with Gasteiger partial charge in [0.1, 0.15) is 11.8 Å². The number of aromatic amines is 1. The van der Waals surface area contributed by atoms with Crippen LogP contribution in [0.15, 0.2) is 78.1 Å². The molecule has 1 aromatic heterocycles. The number of phenolic OH excluding ortho intramolecular Hbond substituents is 1. The molecule has 0 spiro atoms. The number of hydrogen-bond donors (Lipinski definition) is 5. The maximum atomic E-state index is 13.0. The lowest BCUT2D eigenvalue weighted by Gasteiger charge is -2.27. The number of rotatable bonds is 8. The molecule has 3 aromatic rings. The van der Waals surface area contributed by atoms with E-state index in [4.69, 9.17) is 11.6 Å². The number of nitrogens with one attached hydrogen (secondary N) is 3. The molecule has 0 bridgehead atoms. The molecule has 8 nitrogen and oxygen atoms in total. The summed E-state index contributed by atoms with van der Waals surface area (Å²) in [6.07, 6.45) is 5.02. The van der Waals surface area contributed by atoms with Crippen LogP contribution < -0.4 is 10.6 Å². The molecule has 0 aliphatic heterocycles. The number of phenols is 1. The Morgan fingerprint density at radius 2 is 1.89 bits per heavy atom. The lowest BCUT2D eigenvalue weighted by Crippen LogP contribution is -2.45. The number of benzene rings is 2. The normalized spacial score (nSPS) is 18.2. The van der Waals surface area contributed by atoms with E-state index in [9.17, 15) is 24.6 Å². The van der Waals surface area contributed by atoms with Gasteiger partial charge in [0.2, 0.25) is 11.8 Å². The highest BCUT2D eigenvalue weighted by Gasteiger charge is 2.32. The predicted molar refractivity (Wildman–Crippen MR) is 136 cm³/mol. The van der Waals surface area contributed by atoms with Crippen LogP contribution in [0.3, 0.4) is 0 Å². The number of aliphatic carboxylic acids is 1. The van der Waals surface area contributed by atoms with Crippen molar-refractivity contribution in [1.82, 2.24) is 15.6 Å². The fourth-order valence-electron chi connectivity index (χ4n) is 4.23. The van der Waals surface area contributed by atoms with Gasteiger partial charge in [-0.15, -0.1) is 11.6 Å². The Balaban J connectivity index is 1.44. The molecule has 1 aliphatic carbocycles. The van der Waals surface area contributed by atoms with E-state index in [-0.39, 0.29) is 30.1 Å². The van der Waals surface area contributed by atoms with Gasteiger partial charge < -0.3 is 25.8 Å². The maximum Gasteiger partial charge on any atom is 0.326 e. The average Bonchev–Trinajstić information content (AvgIpc) is 3.24. The molecule has 36 heavy (non-hydrogen) atoms.